The number of carbonyl (C=O) groups excluding carboxylic acids is 1. The van der Waals surface area contributed by atoms with Crippen LogP contribution in [0.2, 0.25) is 0 Å². The van der Waals surface area contributed by atoms with Gasteiger partial charge in [0.05, 0.1) is 12.7 Å². The smallest absolute Gasteiger partial charge is 0.407 e. The van der Waals surface area contributed by atoms with Crippen molar-refractivity contribution in [2.24, 2.45) is 5.92 Å². The SMILES string of the molecule is O=C(NC1CCC(O)CC1)OCC1CC1. The lowest BCUT2D eigenvalue weighted by Crippen LogP contribution is -2.39. The van der Waals surface area contributed by atoms with Crippen LogP contribution in [0.15, 0.2) is 0 Å². The Kier molecular flexibility index (Phi) is 3.46. The van der Waals surface area contributed by atoms with E-state index in [0.717, 1.165) is 25.7 Å². The Hall–Kier alpha value is -0.770. The Morgan fingerprint density at radius 2 is 1.87 bits per heavy atom. The predicted octanol–water partition coefficient (Wildman–Crippen LogP) is 1.43. The Bertz CT molecular complexity index is 220. The van der Waals surface area contributed by atoms with Crippen LogP contribution in [0.4, 0.5) is 4.79 Å². The molecular formula is C11H19NO3. The van der Waals surface area contributed by atoms with E-state index in [1.54, 1.807) is 0 Å². The zero-order chi connectivity index (χ0) is 10.7. The molecule has 2 saturated carbocycles. The van der Waals surface area contributed by atoms with Gasteiger partial charge >= 0.3 is 6.09 Å². The molecule has 15 heavy (non-hydrogen) atoms. The number of ether oxygens (including phenoxy) is 1. The highest BCUT2D eigenvalue weighted by Crippen LogP contribution is 2.28. The van der Waals surface area contributed by atoms with Crippen LogP contribution in [0, 0.1) is 5.92 Å². The summed E-state index contributed by atoms with van der Waals surface area (Å²) in [6.07, 6.45) is 5.22. The number of hydrogen-bond acceptors (Lipinski definition) is 3. The summed E-state index contributed by atoms with van der Waals surface area (Å²) in [6, 6.07) is 0.195. The molecule has 1 amide bonds. The normalized spacial score (nSPS) is 31.0. The minimum atomic E-state index is -0.289. The Balaban J connectivity index is 1.60. The summed E-state index contributed by atoms with van der Waals surface area (Å²) in [5.74, 6) is 0.615. The lowest BCUT2D eigenvalue weighted by atomic mass is 9.93. The first-order chi connectivity index (χ1) is 7.24. The fourth-order valence-corrected chi connectivity index (χ4v) is 1.91. The summed E-state index contributed by atoms with van der Waals surface area (Å²) in [5.41, 5.74) is 0. The minimum absolute atomic E-state index is 0.175. The highest BCUT2D eigenvalue weighted by atomic mass is 16.5. The summed E-state index contributed by atoms with van der Waals surface area (Å²) >= 11 is 0. The van der Waals surface area contributed by atoms with Crippen LogP contribution in [0.3, 0.4) is 0 Å². The van der Waals surface area contributed by atoms with Crippen molar-refractivity contribution in [3.8, 4) is 0 Å². The maximum atomic E-state index is 11.3. The predicted molar refractivity (Wildman–Crippen MR) is 55.5 cm³/mol. The molecule has 4 nitrogen and oxygen atoms in total. The zero-order valence-electron chi connectivity index (χ0n) is 8.95. The summed E-state index contributed by atoms with van der Waals surface area (Å²) < 4.78 is 5.08. The quantitative estimate of drug-likeness (QED) is 0.745. The largest absolute Gasteiger partial charge is 0.449 e. The van der Waals surface area contributed by atoms with Gasteiger partial charge in [-0.25, -0.2) is 4.79 Å². The van der Waals surface area contributed by atoms with Crippen LogP contribution in [0.1, 0.15) is 38.5 Å². The first-order valence-corrected chi connectivity index (χ1v) is 5.85. The van der Waals surface area contributed by atoms with Crippen molar-refractivity contribution in [1.29, 1.82) is 0 Å². The standard InChI is InChI=1S/C11H19NO3/c13-10-5-3-9(4-6-10)12-11(14)15-7-8-1-2-8/h8-10,13H,1-7H2,(H,12,14). The van der Waals surface area contributed by atoms with Crippen molar-refractivity contribution >= 4 is 6.09 Å². The number of rotatable bonds is 3. The molecule has 0 aromatic heterocycles. The molecule has 0 radical (unpaired) electrons. The van der Waals surface area contributed by atoms with Gasteiger partial charge in [0, 0.05) is 6.04 Å². The van der Waals surface area contributed by atoms with E-state index < -0.39 is 0 Å². The van der Waals surface area contributed by atoms with Crippen LogP contribution in [0.25, 0.3) is 0 Å². The summed E-state index contributed by atoms with van der Waals surface area (Å²) in [4.78, 5) is 11.3. The topological polar surface area (TPSA) is 58.6 Å². The fourth-order valence-electron chi connectivity index (χ4n) is 1.91. The summed E-state index contributed by atoms with van der Waals surface area (Å²) in [7, 11) is 0. The molecule has 0 heterocycles. The van der Waals surface area contributed by atoms with Gasteiger partial charge in [0.25, 0.3) is 0 Å². The van der Waals surface area contributed by atoms with Crippen molar-refractivity contribution in [1.82, 2.24) is 5.32 Å². The lowest BCUT2D eigenvalue weighted by molar-refractivity contribution is 0.105. The number of aliphatic hydroxyl groups is 1. The number of amides is 1. The zero-order valence-corrected chi connectivity index (χ0v) is 8.95. The molecule has 2 rings (SSSR count). The number of carbonyl (C=O) groups is 1. The van der Waals surface area contributed by atoms with Gasteiger partial charge in [-0.3, -0.25) is 0 Å². The Morgan fingerprint density at radius 1 is 1.20 bits per heavy atom. The number of hydrogen-bond donors (Lipinski definition) is 2. The number of aliphatic hydroxyl groups excluding tert-OH is 1. The van der Waals surface area contributed by atoms with E-state index in [0.29, 0.717) is 12.5 Å². The second kappa shape index (κ2) is 4.84. The average molecular weight is 213 g/mol. The van der Waals surface area contributed by atoms with Gasteiger partial charge in [-0.15, -0.1) is 0 Å². The second-order valence-electron chi connectivity index (χ2n) is 4.69. The maximum Gasteiger partial charge on any atom is 0.407 e. The van der Waals surface area contributed by atoms with E-state index in [1.165, 1.54) is 12.8 Å². The van der Waals surface area contributed by atoms with Crippen molar-refractivity contribution in [2.75, 3.05) is 6.61 Å². The molecule has 2 N–H and O–H groups in total. The molecule has 0 aliphatic heterocycles. The van der Waals surface area contributed by atoms with Gasteiger partial charge in [0.15, 0.2) is 0 Å². The molecule has 0 saturated heterocycles. The van der Waals surface area contributed by atoms with E-state index in [2.05, 4.69) is 5.32 Å². The fraction of sp³-hybridized carbons (Fsp3) is 0.909. The van der Waals surface area contributed by atoms with Gasteiger partial charge in [-0.05, 0) is 44.4 Å². The molecule has 0 aromatic rings. The molecule has 0 unspecified atom stereocenters. The molecule has 2 aliphatic rings. The van der Waals surface area contributed by atoms with Crippen LogP contribution < -0.4 is 5.32 Å². The lowest BCUT2D eigenvalue weighted by Gasteiger charge is -2.25. The van der Waals surface area contributed by atoms with E-state index in [1.807, 2.05) is 0 Å². The minimum Gasteiger partial charge on any atom is -0.449 e. The van der Waals surface area contributed by atoms with Gasteiger partial charge in [0.1, 0.15) is 0 Å². The number of nitrogens with one attached hydrogen (secondary N) is 1. The second-order valence-corrected chi connectivity index (χ2v) is 4.69. The third-order valence-corrected chi connectivity index (χ3v) is 3.17. The van der Waals surface area contributed by atoms with E-state index in [-0.39, 0.29) is 18.2 Å². The van der Waals surface area contributed by atoms with Crippen LogP contribution in [-0.2, 0) is 4.74 Å². The third-order valence-electron chi connectivity index (χ3n) is 3.17. The number of alkyl carbamates (subject to hydrolysis) is 1. The van der Waals surface area contributed by atoms with Crippen LogP contribution in [0.5, 0.6) is 0 Å². The first-order valence-electron chi connectivity index (χ1n) is 5.85. The summed E-state index contributed by atoms with van der Waals surface area (Å²) in [6.45, 7) is 0.571. The van der Waals surface area contributed by atoms with Crippen molar-refractivity contribution in [3.05, 3.63) is 0 Å². The van der Waals surface area contributed by atoms with Crippen LogP contribution >= 0.6 is 0 Å². The van der Waals surface area contributed by atoms with Gasteiger partial charge < -0.3 is 15.2 Å². The maximum absolute atomic E-state index is 11.3. The van der Waals surface area contributed by atoms with Crippen molar-refractivity contribution < 1.29 is 14.6 Å². The van der Waals surface area contributed by atoms with Crippen molar-refractivity contribution in [2.45, 2.75) is 50.7 Å². The Morgan fingerprint density at radius 3 is 2.47 bits per heavy atom. The first kappa shape index (κ1) is 10.7. The summed E-state index contributed by atoms with van der Waals surface area (Å²) in [5, 5.41) is 12.2. The molecule has 2 fully saturated rings. The molecule has 0 atom stereocenters. The molecule has 4 heteroatoms. The molecule has 86 valence electrons. The molecular weight excluding hydrogens is 194 g/mol. The highest BCUT2D eigenvalue weighted by Gasteiger charge is 2.25. The van der Waals surface area contributed by atoms with E-state index in [4.69, 9.17) is 4.74 Å². The Labute approximate surface area is 90.0 Å². The van der Waals surface area contributed by atoms with Crippen molar-refractivity contribution in [3.63, 3.8) is 0 Å². The molecule has 0 bridgehead atoms. The molecule has 0 spiro atoms. The van der Waals surface area contributed by atoms with Gasteiger partial charge in [0.2, 0.25) is 0 Å². The molecule has 2 aliphatic carbocycles. The van der Waals surface area contributed by atoms with Crippen LogP contribution in [-0.4, -0.2) is 30.0 Å². The third kappa shape index (κ3) is 3.70. The van der Waals surface area contributed by atoms with Gasteiger partial charge in [-0.1, -0.05) is 0 Å². The molecule has 0 aromatic carbocycles. The monoisotopic (exact) mass is 213 g/mol. The highest BCUT2D eigenvalue weighted by molar-refractivity contribution is 5.67. The van der Waals surface area contributed by atoms with E-state index in [9.17, 15) is 9.90 Å². The van der Waals surface area contributed by atoms with E-state index >= 15 is 0 Å². The average Bonchev–Trinajstić information content (AvgIpc) is 3.02. The van der Waals surface area contributed by atoms with Gasteiger partial charge in [-0.2, -0.15) is 0 Å².